The molecule has 0 aliphatic heterocycles. The molecule has 2 nitrogen and oxygen atoms in total. The van der Waals surface area contributed by atoms with Crippen molar-refractivity contribution in [3.63, 3.8) is 0 Å². The lowest BCUT2D eigenvalue weighted by Gasteiger charge is -2.16. The fourth-order valence-corrected chi connectivity index (χ4v) is 2.75. The molecule has 0 fully saturated rings. The topological polar surface area (TPSA) is 29.5 Å². The molecule has 1 N–H and O–H groups in total. The summed E-state index contributed by atoms with van der Waals surface area (Å²) >= 11 is 12.2. The summed E-state index contributed by atoms with van der Waals surface area (Å²) in [6, 6.07) is 13.5. The van der Waals surface area contributed by atoms with Crippen LogP contribution in [0.1, 0.15) is 11.1 Å². The molecule has 1 atom stereocenters. The molecule has 112 valence electrons. The van der Waals surface area contributed by atoms with Crippen molar-refractivity contribution in [3.8, 4) is 5.75 Å². The summed E-state index contributed by atoms with van der Waals surface area (Å²) in [6.45, 7) is 0.0973. The Morgan fingerprint density at radius 1 is 1.10 bits per heavy atom. The van der Waals surface area contributed by atoms with Crippen molar-refractivity contribution >= 4 is 23.2 Å². The molecule has 0 heterocycles. The van der Waals surface area contributed by atoms with Gasteiger partial charge in [-0.25, -0.2) is 0 Å². The van der Waals surface area contributed by atoms with Gasteiger partial charge in [-0.05, 0) is 48.1 Å². The van der Waals surface area contributed by atoms with Gasteiger partial charge in [0.2, 0.25) is 0 Å². The van der Waals surface area contributed by atoms with E-state index in [-0.39, 0.29) is 12.5 Å². The van der Waals surface area contributed by atoms with Crippen molar-refractivity contribution in [1.82, 2.24) is 0 Å². The van der Waals surface area contributed by atoms with Gasteiger partial charge in [0, 0.05) is 6.61 Å². The fourth-order valence-electron chi connectivity index (χ4n) is 2.35. The van der Waals surface area contributed by atoms with E-state index in [0.29, 0.717) is 16.5 Å². The average molecular weight is 325 g/mol. The highest BCUT2D eigenvalue weighted by Crippen LogP contribution is 2.28. The third-order valence-electron chi connectivity index (χ3n) is 3.46. The summed E-state index contributed by atoms with van der Waals surface area (Å²) in [5.41, 5.74) is 2.10. The quantitative estimate of drug-likeness (QED) is 0.853. The van der Waals surface area contributed by atoms with Crippen LogP contribution < -0.4 is 4.74 Å². The van der Waals surface area contributed by atoms with Crippen LogP contribution in [-0.2, 0) is 12.8 Å². The third-order valence-corrected chi connectivity index (χ3v) is 4.31. The Hall–Kier alpha value is -1.22. The van der Waals surface area contributed by atoms with Gasteiger partial charge in [-0.2, -0.15) is 0 Å². The Labute approximate surface area is 135 Å². The van der Waals surface area contributed by atoms with E-state index in [1.54, 1.807) is 13.2 Å². The van der Waals surface area contributed by atoms with Gasteiger partial charge < -0.3 is 9.84 Å². The number of ether oxygens (including phenoxy) is 1. The number of rotatable bonds is 6. The SMILES string of the molecule is COc1cccc(CC(CO)Cc2cccc(Cl)c2Cl)c1. The van der Waals surface area contributed by atoms with Crippen LogP contribution in [0.15, 0.2) is 42.5 Å². The summed E-state index contributed by atoms with van der Waals surface area (Å²) < 4.78 is 5.22. The first-order chi connectivity index (χ1) is 10.1. The highest BCUT2D eigenvalue weighted by molar-refractivity contribution is 6.42. The maximum absolute atomic E-state index is 9.63. The molecule has 0 saturated heterocycles. The molecule has 0 spiro atoms. The molecule has 0 aromatic heterocycles. The first-order valence-corrected chi connectivity index (χ1v) is 7.56. The van der Waals surface area contributed by atoms with Crippen LogP contribution in [0.2, 0.25) is 10.0 Å². The Morgan fingerprint density at radius 3 is 2.57 bits per heavy atom. The van der Waals surface area contributed by atoms with Gasteiger partial charge in [0.25, 0.3) is 0 Å². The monoisotopic (exact) mass is 324 g/mol. The Morgan fingerprint density at radius 2 is 1.86 bits per heavy atom. The predicted molar refractivity (Wildman–Crippen MR) is 87.4 cm³/mol. The Balaban J connectivity index is 2.11. The third kappa shape index (κ3) is 4.37. The highest BCUT2D eigenvalue weighted by atomic mass is 35.5. The number of hydrogen-bond acceptors (Lipinski definition) is 2. The molecule has 0 radical (unpaired) electrons. The summed E-state index contributed by atoms with van der Waals surface area (Å²) in [4.78, 5) is 0. The number of benzene rings is 2. The van der Waals surface area contributed by atoms with Crippen molar-refractivity contribution in [2.45, 2.75) is 12.8 Å². The lowest BCUT2D eigenvalue weighted by atomic mass is 9.93. The van der Waals surface area contributed by atoms with Crippen LogP contribution in [0.25, 0.3) is 0 Å². The average Bonchev–Trinajstić information content (AvgIpc) is 2.51. The van der Waals surface area contributed by atoms with Crippen molar-refractivity contribution in [2.24, 2.45) is 5.92 Å². The van der Waals surface area contributed by atoms with E-state index in [1.165, 1.54) is 0 Å². The van der Waals surface area contributed by atoms with Crippen molar-refractivity contribution < 1.29 is 9.84 Å². The van der Waals surface area contributed by atoms with Crippen molar-refractivity contribution in [3.05, 3.63) is 63.6 Å². The van der Waals surface area contributed by atoms with Gasteiger partial charge in [-0.15, -0.1) is 0 Å². The van der Waals surface area contributed by atoms with Crippen molar-refractivity contribution in [2.75, 3.05) is 13.7 Å². The Bertz CT molecular complexity index is 599. The highest BCUT2D eigenvalue weighted by Gasteiger charge is 2.13. The lowest BCUT2D eigenvalue weighted by molar-refractivity contribution is 0.225. The molecule has 2 rings (SSSR count). The molecule has 21 heavy (non-hydrogen) atoms. The van der Waals surface area contributed by atoms with Crippen LogP contribution in [0.3, 0.4) is 0 Å². The molecular formula is C17H18Cl2O2. The summed E-state index contributed by atoms with van der Waals surface area (Å²) in [5, 5.41) is 10.7. The zero-order valence-electron chi connectivity index (χ0n) is 11.9. The van der Waals surface area contributed by atoms with E-state index in [1.807, 2.05) is 36.4 Å². The number of aliphatic hydroxyl groups excluding tert-OH is 1. The van der Waals surface area contributed by atoms with Crippen LogP contribution in [0, 0.1) is 5.92 Å². The summed E-state index contributed by atoms with van der Waals surface area (Å²) in [7, 11) is 1.65. The fraction of sp³-hybridized carbons (Fsp3) is 0.294. The minimum absolute atomic E-state index is 0.0908. The second-order valence-corrected chi connectivity index (χ2v) is 5.81. The molecule has 0 aliphatic carbocycles. The largest absolute Gasteiger partial charge is 0.497 e. The predicted octanol–water partition coefficient (Wildman–Crippen LogP) is 4.40. The second kappa shape index (κ2) is 7.69. The van der Waals surface area contributed by atoms with E-state index < -0.39 is 0 Å². The van der Waals surface area contributed by atoms with Gasteiger partial charge in [-0.3, -0.25) is 0 Å². The molecule has 2 aromatic carbocycles. The summed E-state index contributed by atoms with van der Waals surface area (Å²) in [5.74, 6) is 0.915. The number of hydrogen-bond donors (Lipinski definition) is 1. The van der Waals surface area contributed by atoms with E-state index >= 15 is 0 Å². The number of methoxy groups -OCH3 is 1. The van der Waals surface area contributed by atoms with Crippen molar-refractivity contribution in [1.29, 1.82) is 0 Å². The van der Waals surface area contributed by atoms with E-state index in [4.69, 9.17) is 27.9 Å². The van der Waals surface area contributed by atoms with E-state index in [0.717, 1.165) is 23.3 Å². The smallest absolute Gasteiger partial charge is 0.119 e. The van der Waals surface area contributed by atoms with Gasteiger partial charge in [0.05, 0.1) is 17.2 Å². The maximum atomic E-state index is 9.63. The van der Waals surface area contributed by atoms with Crippen LogP contribution in [0.4, 0.5) is 0 Å². The minimum Gasteiger partial charge on any atom is -0.497 e. The van der Waals surface area contributed by atoms with Gasteiger partial charge in [0.15, 0.2) is 0 Å². The van der Waals surface area contributed by atoms with Gasteiger partial charge in [-0.1, -0.05) is 47.5 Å². The lowest BCUT2D eigenvalue weighted by Crippen LogP contribution is -2.13. The zero-order chi connectivity index (χ0) is 15.2. The molecule has 4 heteroatoms. The molecular weight excluding hydrogens is 307 g/mol. The van der Waals surface area contributed by atoms with E-state index in [2.05, 4.69) is 0 Å². The minimum atomic E-state index is 0.0908. The van der Waals surface area contributed by atoms with E-state index in [9.17, 15) is 5.11 Å². The molecule has 0 amide bonds. The second-order valence-electron chi connectivity index (χ2n) is 5.02. The molecule has 0 saturated carbocycles. The maximum Gasteiger partial charge on any atom is 0.119 e. The van der Waals surface area contributed by atoms with Gasteiger partial charge in [0.1, 0.15) is 5.75 Å². The van der Waals surface area contributed by atoms with Crippen LogP contribution in [-0.4, -0.2) is 18.8 Å². The normalized spacial score (nSPS) is 12.2. The molecule has 2 aromatic rings. The van der Waals surface area contributed by atoms with Gasteiger partial charge >= 0.3 is 0 Å². The Kier molecular flexibility index (Phi) is 5.92. The first-order valence-electron chi connectivity index (χ1n) is 6.80. The first kappa shape index (κ1) is 16.2. The zero-order valence-corrected chi connectivity index (χ0v) is 13.4. The number of aliphatic hydroxyl groups is 1. The number of halogens is 2. The molecule has 0 bridgehead atoms. The standard InChI is InChI=1S/C17H18Cl2O2/c1-21-15-6-2-4-12(10-15)8-13(11-20)9-14-5-3-7-16(18)17(14)19/h2-7,10,13,20H,8-9,11H2,1H3. The molecule has 0 aliphatic rings. The summed E-state index contributed by atoms with van der Waals surface area (Å²) in [6.07, 6.45) is 1.45. The molecule has 1 unspecified atom stereocenters. The van der Waals surface area contributed by atoms with Crippen LogP contribution in [0.5, 0.6) is 5.75 Å². The van der Waals surface area contributed by atoms with Crippen LogP contribution >= 0.6 is 23.2 Å².